The number of hydrogen-bond acceptors (Lipinski definition) is 2. The Hall–Kier alpha value is -1.45. The number of hydrogen-bond donors (Lipinski definition) is 1. The molecule has 23 heavy (non-hydrogen) atoms. The van der Waals surface area contributed by atoms with Crippen LogP contribution in [0.1, 0.15) is 35.2 Å². The second-order valence-corrected chi connectivity index (χ2v) is 7.19. The van der Waals surface area contributed by atoms with Gasteiger partial charge in [0, 0.05) is 10.8 Å². The van der Waals surface area contributed by atoms with E-state index < -0.39 is 0 Å². The molecule has 1 amide bonds. The van der Waals surface area contributed by atoms with Crippen LogP contribution in [-0.2, 0) is 10.5 Å². The van der Waals surface area contributed by atoms with Crippen LogP contribution < -0.4 is 5.32 Å². The molecule has 0 aromatic heterocycles. The average Bonchev–Trinajstić information content (AvgIpc) is 2.49. The molecule has 2 aromatic rings. The lowest BCUT2D eigenvalue weighted by atomic mass is 10.00. The van der Waals surface area contributed by atoms with Gasteiger partial charge in [-0.05, 0) is 49.6 Å². The fourth-order valence-electron chi connectivity index (χ4n) is 2.48. The van der Waals surface area contributed by atoms with Gasteiger partial charge in [0.1, 0.15) is 0 Å². The van der Waals surface area contributed by atoms with Gasteiger partial charge >= 0.3 is 0 Å². The maximum absolute atomic E-state index is 12.1. The average molecular weight is 348 g/mol. The lowest BCUT2D eigenvalue weighted by molar-refractivity contribution is -0.119. The Kier molecular flexibility index (Phi) is 6.55. The summed E-state index contributed by atoms with van der Waals surface area (Å²) >= 11 is 7.56. The van der Waals surface area contributed by atoms with E-state index in [0.717, 1.165) is 16.3 Å². The normalized spacial score (nSPS) is 12.0. The molecule has 0 fully saturated rings. The van der Waals surface area contributed by atoms with Crippen molar-refractivity contribution >= 4 is 29.3 Å². The molecule has 0 spiro atoms. The summed E-state index contributed by atoms with van der Waals surface area (Å²) in [6.07, 6.45) is 0. The summed E-state index contributed by atoms with van der Waals surface area (Å²) in [5, 5.41) is 3.81. The molecule has 0 radical (unpaired) electrons. The predicted octanol–water partition coefficient (Wildman–Crippen LogP) is 5.07. The van der Waals surface area contributed by atoms with Crippen molar-refractivity contribution in [3.63, 3.8) is 0 Å². The number of carbonyl (C=O) groups is 1. The molecule has 1 atom stereocenters. The lowest BCUT2D eigenvalue weighted by Gasteiger charge is -2.17. The highest BCUT2D eigenvalue weighted by Crippen LogP contribution is 2.20. The van der Waals surface area contributed by atoms with Gasteiger partial charge in [-0.15, -0.1) is 11.8 Å². The SMILES string of the molecule is Cc1ccc(C)c([C@H](C)NC(=O)CSCc2cccc(Cl)c2)c1. The monoisotopic (exact) mass is 347 g/mol. The number of aryl methyl sites for hydroxylation is 2. The molecule has 0 aliphatic carbocycles. The van der Waals surface area contributed by atoms with Crippen LogP contribution in [0.2, 0.25) is 5.02 Å². The van der Waals surface area contributed by atoms with Crippen molar-refractivity contribution in [2.45, 2.75) is 32.6 Å². The van der Waals surface area contributed by atoms with Gasteiger partial charge in [0.15, 0.2) is 0 Å². The number of thioether (sulfide) groups is 1. The van der Waals surface area contributed by atoms with E-state index in [0.29, 0.717) is 5.75 Å². The van der Waals surface area contributed by atoms with Crippen molar-refractivity contribution in [3.8, 4) is 0 Å². The summed E-state index contributed by atoms with van der Waals surface area (Å²) in [4.78, 5) is 12.1. The van der Waals surface area contributed by atoms with Crippen molar-refractivity contribution in [1.82, 2.24) is 5.32 Å². The first-order valence-electron chi connectivity index (χ1n) is 7.64. The molecule has 4 heteroatoms. The molecule has 0 saturated heterocycles. The standard InChI is InChI=1S/C19H22ClNOS/c1-13-7-8-14(2)18(9-13)15(3)21-19(22)12-23-11-16-5-4-6-17(20)10-16/h4-10,15H,11-12H2,1-3H3,(H,21,22)/t15-/m0/s1. The highest BCUT2D eigenvalue weighted by atomic mass is 35.5. The maximum Gasteiger partial charge on any atom is 0.230 e. The third-order valence-corrected chi connectivity index (χ3v) is 4.91. The maximum atomic E-state index is 12.1. The Balaban J connectivity index is 1.83. The molecule has 2 nitrogen and oxygen atoms in total. The Bertz CT molecular complexity index is 687. The fourth-order valence-corrected chi connectivity index (χ4v) is 3.47. The van der Waals surface area contributed by atoms with Gasteiger partial charge in [0.25, 0.3) is 0 Å². The van der Waals surface area contributed by atoms with E-state index in [-0.39, 0.29) is 11.9 Å². The Morgan fingerprint density at radius 2 is 2.00 bits per heavy atom. The van der Waals surface area contributed by atoms with Gasteiger partial charge in [-0.25, -0.2) is 0 Å². The topological polar surface area (TPSA) is 29.1 Å². The molecule has 1 N–H and O–H groups in total. The van der Waals surface area contributed by atoms with E-state index in [2.05, 4.69) is 37.4 Å². The van der Waals surface area contributed by atoms with Crippen LogP contribution in [0.3, 0.4) is 0 Å². The number of carbonyl (C=O) groups excluding carboxylic acids is 1. The van der Waals surface area contributed by atoms with E-state index in [9.17, 15) is 4.79 Å². The van der Waals surface area contributed by atoms with Crippen LogP contribution in [0, 0.1) is 13.8 Å². The fraction of sp³-hybridized carbons (Fsp3) is 0.316. The third kappa shape index (κ3) is 5.60. The van der Waals surface area contributed by atoms with Crippen LogP contribution in [0.15, 0.2) is 42.5 Å². The van der Waals surface area contributed by atoms with E-state index >= 15 is 0 Å². The Labute approximate surface area is 147 Å². The van der Waals surface area contributed by atoms with Gasteiger partial charge in [-0.2, -0.15) is 0 Å². The zero-order valence-electron chi connectivity index (χ0n) is 13.7. The molecule has 0 aliphatic heterocycles. The summed E-state index contributed by atoms with van der Waals surface area (Å²) in [5.41, 5.74) is 4.73. The minimum atomic E-state index is 0.0224. The summed E-state index contributed by atoms with van der Waals surface area (Å²) in [6, 6.07) is 14.1. The van der Waals surface area contributed by atoms with E-state index in [1.807, 2.05) is 31.2 Å². The van der Waals surface area contributed by atoms with Gasteiger partial charge in [-0.3, -0.25) is 4.79 Å². The van der Waals surface area contributed by atoms with Crippen molar-refractivity contribution in [2.24, 2.45) is 0 Å². The van der Waals surface area contributed by atoms with Gasteiger partial charge < -0.3 is 5.32 Å². The first-order chi connectivity index (χ1) is 11.0. The molecule has 2 rings (SSSR count). The molecule has 2 aromatic carbocycles. The summed E-state index contributed by atoms with van der Waals surface area (Å²) in [5.74, 6) is 1.29. The molecule has 0 aliphatic rings. The summed E-state index contributed by atoms with van der Waals surface area (Å²) < 4.78 is 0. The molecule has 0 unspecified atom stereocenters. The van der Waals surface area contributed by atoms with Crippen LogP contribution in [0.5, 0.6) is 0 Å². The minimum Gasteiger partial charge on any atom is -0.349 e. The largest absolute Gasteiger partial charge is 0.349 e. The molecule has 122 valence electrons. The molecular formula is C19H22ClNOS. The Morgan fingerprint density at radius 1 is 1.22 bits per heavy atom. The first-order valence-corrected chi connectivity index (χ1v) is 9.17. The van der Waals surface area contributed by atoms with E-state index in [1.165, 1.54) is 16.7 Å². The zero-order chi connectivity index (χ0) is 16.8. The summed E-state index contributed by atoms with van der Waals surface area (Å²) in [6.45, 7) is 6.17. The Morgan fingerprint density at radius 3 is 2.74 bits per heavy atom. The molecule has 0 heterocycles. The van der Waals surface area contributed by atoms with Crippen molar-refractivity contribution in [3.05, 3.63) is 69.7 Å². The third-order valence-electron chi connectivity index (χ3n) is 3.67. The number of halogens is 1. The van der Waals surface area contributed by atoms with Crippen molar-refractivity contribution < 1.29 is 4.79 Å². The second-order valence-electron chi connectivity index (χ2n) is 5.77. The molecule has 0 bridgehead atoms. The number of benzene rings is 2. The second kappa shape index (κ2) is 8.42. The lowest BCUT2D eigenvalue weighted by Crippen LogP contribution is -2.28. The van der Waals surface area contributed by atoms with Crippen LogP contribution in [-0.4, -0.2) is 11.7 Å². The van der Waals surface area contributed by atoms with E-state index in [1.54, 1.807) is 11.8 Å². The van der Waals surface area contributed by atoms with Crippen LogP contribution in [0.25, 0.3) is 0 Å². The predicted molar refractivity (Wildman–Crippen MR) is 100 cm³/mol. The summed E-state index contributed by atoms with van der Waals surface area (Å²) in [7, 11) is 0. The minimum absolute atomic E-state index is 0.0224. The van der Waals surface area contributed by atoms with Crippen molar-refractivity contribution in [2.75, 3.05) is 5.75 Å². The van der Waals surface area contributed by atoms with Gasteiger partial charge in [0.2, 0.25) is 5.91 Å². The quantitative estimate of drug-likeness (QED) is 0.790. The highest BCUT2D eigenvalue weighted by Gasteiger charge is 2.12. The van der Waals surface area contributed by atoms with Crippen molar-refractivity contribution in [1.29, 1.82) is 0 Å². The van der Waals surface area contributed by atoms with Gasteiger partial charge in [0.05, 0.1) is 11.8 Å². The smallest absolute Gasteiger partial charge is 0.230 e. The highest BCUT2D eigenvalue weighted by molar-refractivity contribution is 7.99. The number of amides is 1. The van der Waals surface area contributed by atoms with Crippen LogP contribution in [0.4, 0.5) is 0 Å². The number of nitrogens with one attached hydrogen (secondary N) is 1. The zero-order valence-corrected chi connectivity index (χ0v) is 15.3. The molecule has 0 saturated carbocycles. The van der Waals surface area contributed by atoms with Crippen LogP contribution >= 0.6 is 23.4 Å². The van der Waals surface area contributed by atoms with E-state index in [4.69, 9.17) is 11.6 Å². The first kappa shape index (κ1) is 17.9. The number of rotatable bonds is 6. The molecular weight excluding hydrogens is 326 g/mol. The van der Waals surface area contributed by atoms with Gasteiger partial charge in [-0.1, -0.05) is 47.5 Å².